The summed E-state index contributed by atoms with van der Waals surface area (Å²) in [5.41, 5.74) is 2.07. The Bertz CT molecular complexity index is 1550. The molecule has 0 saturated heterocycles. The van der Waals surface area contributed by atoms with Gasteiger partial charge in [-0.1, -0.05) is 19.9 Å². The third-order valence-corrected chi connectivity index (χ3v) is 5.72. The molecule has 0 unspecified atom stereocenters. The fourth-order valence-corrected chi connectivity index (χ4v) is 4.08. The van der Waals surface area contributed by atoms with Gasteiger partial charge >= 0.3 is 6.03 Å². The molecule has 11 heteroatoms. The van der Waals surface area contributed by atoms with Crippen LogP contribution in [0.1, 0.15) is 35.5 Å². The van der Waals surface area contributed by atoms with Gasteiger partial charge < -0.3 is 20.9 Å². The molecule has 1 aromatic heterocycles. The second kappa shape index (κ2) is 10.8. The second-order valence-electron chi connectivity index (χ2n) is 8.10. The van der Waals surface area contributed by atoms with Gasteiger partial charge in [0.05, 0.1) is 5.56 Å². The highest BCUT2D eigenvalue weighted by Gasteiger charge is 2.28. The van der Waals surface area contributed by atoms with Gasteiger partial charge in [-0.2, -0.15) is 0 Å². The third kappa shape index (κ3) is 4.95. The van der Waals surface area contributed by atoms with E-state index in [1.54, 1.807) is 18.3 Å². The van der Waals surface area contributed by atoms with Gasteiger partial charge in [0.1, 0.15) is 23.1 Å². The van der Waals surface area contributed by atoms with Crippen molar-refractivity contribution in [2.75, 3.05) is 10.6 Å². The molecule has 4 N–H and O–H groups in total. The van der Waals surface area contributed by atoms with Crippen LogP contribution in [0.2, 0.25) is 0 Å². The number of H-pyrrole nitrogens is 1. The lowest BCUT2D eigenvalue weighted by Gasteiger charge is -2.13. The van der Waals surface area contributed by atoms with Crippen LogP contribution < -0.4 is 16.0 Å². The summed E-state index contributed by atoms with van der Waals surface area (Å²) in [7, 11) is 0. The molecule has 0 bridgehead atoms. The summed E-state index contributed by atoms with van der Waals surface area (Å²) >= 11 is 0. The molecule has 196 valence electrons. The summed E-state index contributed by atoms with van der Waals surface area (Å²) in [5, 5.41) is 6.88. The number of benzene rings is 3. The van der Waals surface area contributed by atoms with Crippen molar-refractivity contribution in [3.05, 3.63) is 88.8 Å². The van der Waals surface area contributed by atoms with E-state index in [-0.39, 0.29) is 23.7 Å². The zero-order chi connectivity index (χ0) is 27.6. The summed E-state index contributed by atoms with van der Waals surface area (Å²) in [6.45, 7) is 6.03. The highest BCUT2D eigenvalue weighted by atomic mass is 19.2. The van der Waals surface area contributed by atoms with Gasteiger partial charge in [0.25, 0.3) is 5.91 Å². The first kappa shape index (κ1) is 26.4. The normalized spacial score (nSPS) is 11.8. The summed E-state index contributed by atoms with van der Waals surface area (Å²) in [6.07, 6.45) is 1.64. The minimum atomic E-state index is -1.56. The zero-order valence-electron chi connectivity index (χ0n) is 20.6. The van der Waals surface area contributed by atoms with E-state index in [9.17, 15) is 22.8 Å². The molecular weight excluding hydrogens is 502 g/mol. The average Bonchev–Trinajstić information content (AvgIpc) is 3.51. The monoisotopic (exact) mass is 525 g/mol. The van der Waals surface area contributed by atoms with Crippen molar-refractivity contribution in [3.8, 4) is 22.5 Å². The van der Waals surface area contributed by atoms with E-state index in [4.69, 9.17) is 0 Å². The summed E-state index contributed by atoms with van der Waals surface area (Å²) in [5.74, 6) is -4.56. The summed E-state index contributed by atoms with van der Waals surface area (Å²) in [4.78, 5) is 32.1. The molecular formula is C27H23F4N5O2. The van der Waals surface area contributed by atoms with E-state index in [0.29, 0.717) is 40.2 Å². The van der Waals surface area contributed by atoms with Crippen LogP contribution in [0.15, 0.2) is 48.7 Å². The fraction of sp³-hybridized carbons (Fsp3) is 0.148. The van der Waals surface area contributed by atoms with Gasteiger partial charge in [0.2, 0.25) is 0 Å². The van der Waals surface area contributed by atoms with Crippen LogP contribution in [-0.2, 0) is 6.54 Å². The first-order chi connectivity index (χ1) is 18.2. The Morgan fingerprint density at radius 1 is 0.895 bits per heavy atom. The van der Waals surface area contributed by atoms with Crippen molar-refractivity contribution < 1.29 is 27.2 Å². The molecule has 3 aromatic carbocycles. The quantitative estimate of drug-likeness (QED) is 0.180. The Labute approximate surface area is 215 Å². The molecule has 0 fully saturated rings. The van der Waals surface area contributed by atoms with Gasteiger partial charge in [-0.05, 0) is 54.4 Å². The molecule has 1 aliphatic heterocycles. The number of anilines is 2. The van der Waals surface area contributed by atoms with Crippen molar-refractivity contribution in [1.82, 2.24) is 15.3 Å². The predicted molar refractivity (Wildman–Crippen MR) is 136 cm³/mol. The number of nitrogens with one attached hydrogen (secondary N) is 4. The second-order valence-corrected chi connectivity index (χ2v) is 8.10. The smallest absolute Gasteiger partial charge is 0.323 e. The fourth-order valence-electron chi connectivity index (χ4n) is 4.08. The number of hydrogen-bond acceptors (Lipinski definition) is 3. The minimum Gasteiger partial charge on any atom is -0.348 e. The highest BCUT2D eigenvalue weighted by molar-refractivity contribution is 6.06. The number of rotatable bonds is 4. The molecule has 3 amide bonds. The van der Waals surface area contributed by atoms with Gasteiger partial charge in [0.15, 0.2) is 11.6 Å². The summed E-state index contributed by atoms with van der Waals surface area (Å²) < 4.78 is 56.0. The number of imidazole rings is 1. The highest BCUT2D eigenvalue weighted by Crippen LogP contribution is 2.37. The predicted octanol–water partition coefficient (Wildman–Crippen LogP) is 6.52. The largest absolute Gasteiger partial charge is 0.348 e. The maximum absolute atomic E-state index is 15.1. The number of aromatic amines is 1. The van der Waals surface area contributed by atoms with Gasteiger partial charge in [-0.3, -0.25) is 4.79 Å². The zero-order valence-corrected chi connectivity index (χ0v) is 20.6. The molecule has 0 spiro atoms. The Morgan fingerprint density at radius 2 is 1.58 bits per heavy atom. The lowest BCUT2D eigenvalue weighted by Crippen LogP contribution is -2.21. The van der Waals surface area contributed by atoms with Crippen molar-refractivity contribution >= 4 is 23.3 Å². The maximum atomic E-state index is 15.1. The van der Waals surface area contributed by atoms with Crippen molar-refractivity contribution in [2.45, 2.75) is 27.3 Å². The van der Waals surface area contributed by atoms with Crippen molar-refractivity contribution in [1.29, 1.82) is 0 Å². The van der Waals surface area contributed by atoms with E-state index in [1.807, 2.05) is 26.1 Å². The van der Waals surface area contributed by atoms with Crippen molar-refractivity contribution in [3.63, 3.8) is 0 Å². The van der Waals surface area contributed by atoms with Crippen molar-refractivity contribution in [2.24, 2.45) is 0 Å². The van der Waals surface area contributed by atoms with E-state index in [0.717, 1.165) is 11.8 Å². The molecule has 0 radical (unpaired) electrons. The van der Waals surface area contributed by atoms with Gasteiger partial charge in [-0.15, -0.1) is 0 Å². The number of urea groups is 1. The van der Waals surface area contributed by atoms with Crippen LogP contribution in [0.4, 0.5) is 33.7 Å². The molecule has 0 aliphatic carbocycles. The SMILES string of the molecule is CC.Cc1cnc(-c2ccc(-c3ccc(NC(=O)Nc4c(F)ccc(F)c4F)cc3F)c3c2C(=O)NC3)[nH]1. The number of nitrogens with zero attached hydrogens (tertiary/aromatic N) is 1. The Hall–Kier alpha value is -4.67. The van der Waals surface area contributed by atoms with E-state index >= 15 is 4.39 Å². The van der Waals surface area contributed by atoms with E-state index < -0.39 is 35.0 Å². The van der Waals surface area contributed by atoms with Crippen LogP contribution in [0.5, 0.6) is 0 Å². The lowest BCUT2D eigenvalue weighted by molar-refractivity contribution is 0.0966. The third-order valence-electron chi connectivity index (χ3n) is 5.72. The number of carbonyl (C=O) groups excluding carboxylic acids is 2. The molecule has 0 saturated carbocycles. The summed E-state index contributed by atoms with van der Waals surface area (Å²) in [6, 6.07) is 7.33. The number of aryl methyl sites for hydroxylation is 1. The minimum absolute atomic E-state index is 0.0144. The van der Waals surface area contributed by atoms with Crippen LogP contribution in [0.25, 0.3) is 22.5 Å². The standard InChI is InChI=1S/C25H17F4N5O2.C2H6/c1-11-9-30-23(32-11)15-5-4-13(16-10-31-24(35)20(15)16)14-3-2-12(8-19(14)28)33-25(36)34-22-18(27)7-6-17(26)21(22)29;1-2/h2-9H,10H2,1H3,(H,30,32)(H,31,35)(H2,33,34,36);1-2H3. The Balaban J connectivity index is 0.00000164. The van der Waals surface area contributed by atoms with Crippen LogP contribution in [0, 0.1) is 30.2 Å². The number of hydrogen-bond donors (Lipinski definition) is 4. The number of carbonyl (C=O) groups is 2. The molecule has 5 rings (SSSR count). The number of fused-ring (bicyclic) bond motifs is 1. The molecule has 4 aromatic rings. The van der Waals surface area contributed by atoms with Crippen LogP contribution in [-0.4, -0.2) is 21.9 Å². The molecule has 2 heterocycles. The number of halogens is 4. The van der Waals surface area contributed by atoms with Gasteiger partial charge in [-0.25, -0.2) is 27.3 Å². The lowest BCUT2D eigenvalue weighted by atomic mass is 9.92. The maximum Gasteiger partial charge on any atom is 0.323 e. The first-order valence-electron chi connectivity index (χ1n) is 11.7. The number of aromatic nitrogens is 2. The average molecular weight is 526 g/mol. The number of amides is 3. The van der Waals surface area contributed by atoms with Crippen LogP contribution >= 0.6 is 0 Å². The van der Waals surface area contributed by atoms with E-state index in [1.165, 1.54) is 12.1 Å². The molecule has 1 aliphatic rings. The topological polar surface area (TPSA) is 98.9 Å². The molecule has 0 atom stereocenters. The molecule has 7 nitrogen and oxygen atoms in total. The van der Waals surface area contributed by atoms with Crippen LogP contribution in [0.3, 0.4) is 0 Å². The van der Waals surface area contributed by atoms with E-state index in [2.05, 4.69) is 20.6 Å². The Kier molecular flexibility index (Phi) is 7.47. The Morgan fingerprint density at radius 3 is 2.26 bits per heavy atom. The first-order valence-corrected chi connectivity index (χ1v) is 11.7. The molecule has 38 heavy (non-hydrogen) atoms. The van der Waals surface area contributed by atoms with Gasteiger partial charge in [0, 0.05) is 35.2 Å².